The smallest absolute Gasteiger partial charge is 0.00954 e. The fourth-order valence-corrected chi connectivity index (χ4v) is 7.20. The summed E-state index contributed by atoms with van der Waals surface area (Å²) >= 11 is 0. The van der Waals surface area contributed by atoms with Gasteiger partial charge in [-0.15, -0.1) is 0 Å². The number of hydrogen-bond acceptors (Lipinski definition) is 0. The highest BCUT2D eigenvalue weighted by molar-refractivity contribution is 5.38. The van der Waals surface area contributed by atoms with E-state index in [-0.39, 0.29) is 10.8 Å². The molecule has 6 unspecified atom stereocenters. The van der Waals surface area contributed by atoms with Gasteiger partial charge in [-0.25, -0.2) is 0 Å². The van der Waals surface area contributed by atoms with E-state index >= 15 is 0 Å². The first kappa shape index (κ1) is 23.1. The minimum atomic E-state index is 0.251. The van der Waals surface area contributed by atoms with Gasteiger partial charge in [0.1, 0.15) is 0 Å². The maximum Gasteiger partial charge on any atom is -0.00954 e. The number of hydrogen-bond donors (Lipinski definition) is 0. The summed E-state index contributed by atoms with van der Waals surface area (Å²) in [4.78, 5) is 0. The van der Waals surface area contributed by atoms with Crippen molar-refractivity contribution < 1.29 is 0 Å². The molecule has 0 saturated heterocycles. The fraction of sp³-hybridized carbons (Fsp3) is 0.742. The highest BCUT2D eigenvalue weighted by Crippen LogP contribution is 2.56. The van der Waals surface area contributed by atoms with Crippen molar-refractivity contribution >= 4 is 0 Å². The Morgan fingerprint density at radius 2 is 1.16 bits per heavy atom. The van der Waals surface area contributed by atoms with E-state index in [0.29, 0.717) is 11.8 Å². The molecule has 0 aromatic heterocycles. The summed E-state index contributed by atoms with van der Waals surface area (Å²) in [5, 5.41) is 0. The second kappa shape index (κ2) is 8.72. The lowest BCUT2D eigenvalue weighted by atomic mass is 9.74. The monoisotopic (exact) mass is 420 g/mol. The van der Waals surface area contributed by atoms with Crippen LogP contribution in [0.2, 0.25) is 0 Å². The van der Waals surface area contributed by atoms with E-state index in [1.165, 1.54) is 44.9 Å². The van der Waals surface area contributed by atoms with Gasteiger partial charge in [-0.2, -0.15) is 0 Å². The van der Waals surface area contributed by atoms with Crippen LogP contribution in [0.3, 0.4) is 0 Å². The van der Waals surface area contributed by atoms with Gasteiger partial charge in [-0.05, 0) is 76.2 Å². The van der Waals surface area contributed by atoms with Crippen molar-refractivity contribution in [1.29, 1.82) is 0 Å². The average Bonchev–Trinajstić information content (AvgIpc) is 3.26. The van der Waals surface area contributed by atoms with E-state index in [1.54, 1.807) is 11.1 Å². The fourth-order valence-electron chi connectivity index (χ4n) is 7.20. The van der Waals surface area contributed by atoms with Crippen molar-refractivity contribution in [3.63, 3.8) is 0 Å². The summed E-state index contributed by atoms with van der Waals surface area (Å²) in [6, 6.07) is 0. The molecule has 0 radical (unpaired) electrons. The summed E-state index contributed by atoms with van der Waals surface area (Å²) in [5.74, 6) is 5.67. The number of rotatable bonds is 5. The van der Waals surface area contributed by atoms with Gasteiger partial charge in [0.2, 0.25) is 0 Å². The van der Waals surface area contributed by atoms with Crippen LogP contribution < -0.4 is 0 Å². The first-order valence-electron chi connectivity index (χ1n) is 13.4. The maximum absolute atomic E-state index is 2.71. The lowest BCUT2D eigenvalue weighted by molar-refractivity contribution is 0.304. The molecule has 0 aliphatic heterocycles. The van der Waals surface area contributed by atoms with Crippen molar-refractivity contribution in [1.82, 2.24) is 0 Å². The maximum atomic E-state index is 2.71. The van der Waals surface area contributed by atoms with E-state index in [1.807, 2.05) is 0 Å². The summed E-state index contributed by atoms with van der Waals surface area (Å²) < 4.78 is 0. The highest BCUT2D eigenvalue weighted by Gasteiger charge is 2.48. The molecule has 0 bridgehead atoms. The molecule has 172 valence electrons. The highest BCUT2D eigenvalue weighted by atomic mass is 14.5. The van der Waals surface area contributed by atoms with Crippen LogP contribution in [-0.4, -0.2) is 0 Å². The SMILES string of the molecule is CCCC1CCC(CCC2C3C=C(C(C)(C)C)C=CC3C3C=CC(C(C)(C)C)=CC32)C1. The molecule has 4 aliphatic rings. The van der Waals surface area contributed by atoms with Gasteiger partial charge in [0, 0.05) is 0 Å². The Balaban J connectivity index is 1.56. The van der Waals surface area contributed by atoms with Crippen molar-refractivity contribution in [2.24, 2.45) is 52.3 Å². The molecule has 0 nitrogen and oxygen atoms in total. The zero-order valence-corrected chi connectivity index (χ0v) is 21.5. The largest absolute Gasteiger partial charge is 0.0799 e. The summed E-state index contributed by atoms with van der Waals surface area (Å²) in [6.45, 7) is 16.6. The van der Waals surface area contributed by atoms with Crippen LogP contribution in [-0.2, 0) is 0 Å². The molecule has 31 heavy (non-hydrogen) atoms. The van der Waals surface area contributed by atoms with Crippen molar-refractivity contribution in [2.45, 2.75) is 93.4 Å². The van der Waals surface area contributed by atoms with Gasteiger partial charge in [0.25, 0.3) is 0 Å². The zero-order chi connectivity index (χ0) is 22.4. The quantitative estimate of drug-likeness (QED) is 0.416. The minimum Gasteiger partial charge on any atom is -0.0799 e. The zero-order valence-electron chi connectivity index (χ0n) is 21.5. The van der Waals surface area contributed by atoms with E-state index in [4.69, 9.17) is 0 Å². The van der Waals surface area contributed by atoms with Crippen molar-refractivity contribution in [3.8, 4) is 0 Å². The first-order chi connectivity index (χ1) is 14.6. The van der Waals surface area contributed by atoms with Crippen LogP contribution in [0.5, 0.6) is 0 Å². The van der Waals surface area contributed by atoms with Crippen LogP contribution in [0.1, 0.15) is 93.4 Å². The lowest BCUT2D eigenvalue weighted by Crippen LogP contribution is -2.21. The third-order valence-corrected chi connectivity index (χ3v) is 9.05. The van der Waals surface area contributed by atoms with Crippen LogP contribution in [0, 0.1) is 52.3 Å². The van der Waals surface area contributed by atoms with Gasteiger partial charge < -0.3 is 0 Å². The first-order valence-corrected chi connectivity index (χ1v) is 13.4. The van der Waals surface area contributed by atoms with Gasteiger partial charge in [0.15, 0.2) is 0 Å². The molecule has 0 spiro atoms. The lowest BCUT2D eigenvalue weighted by Gasteiger charge is -2.31. The normalized spacial score (nSPS) is 37.5. The van der Waals surface area contributed by atoms with E-state index < -0.39 is 0 Å². The second-order valence-electron chi connectivity index (χ2n) is 13.3. The Hall–Kier alpha value is -1.04. The van der Waals surface area contributed by atoms with E-state index in [9.17, 15) is 0 Å². The predicted molar refractivity (Wildman–Crippen MR) is 136 cm³/mol. The van der Waals surface area contributed by atoms with Crippen LogP contribution >= 0.6 is 0 Å². The molecule has 0 amide bonds. The molecule has 0 heterocycles. The Labute approximate surface area is 193 Å². The second-order valence-corrected chi connectivity index (χ2v) is 13.3. The Morgan fingerprint density at radius 3 is 1.61 bits per heavy atom. The van der Waals surface area contributed by atoms with E-state index in [2.05, 4.69) is 84.9 Å². The van der Waals surface area contributed by atoms with Crippen LogP contribution in [0.25, 0.3) is 0 Å². The summed E-state index contributed by atoms with van der Waals surface area (Å²) in [7, 11) is 0. The molecule has 0 heteroatoms. The molecule has 0 aromatic carbocycles. The summed E-state index contributed by atoms with van der Waals surface area (Å²) in [6.07, 6.45) is 25.7. The molecular formula is C31H48. The molecule has 6 atom stereocenters. The molecule has 2 fully saturated rings. The van der Waals surface area contributed by atoms with Gasteiger partial charge >= 0.3 is 0 Å². The van der Waals surface area contributed by atoms with Crippen molar-refractivity contribution in [3.05, 3.63) is 47.6 Å². The minimum absolute atomic E-state index is 0.251. The molecule has 2 saturated carbocycles. The predicted octanol–water partition coefficient (Wildman–Crippen LogP) is 9.16. The third kappa shape index (κ3) is 4.84. The van der Waals surface area contributed by atoms with Gasteiger partial charge in [-0.3, -0.25) is 0 Å². The Bertz CT molecular complexity index is 707. The van der Waals surface area contributed by atoms with Crippen LogP contribution in [0.4, 0.5) is 0 Å². The Kier molecular flexibility index (Phi) is 6.50. The Morgan fingerprint density at radius 1 is 0.677 bits per heavy atom. The molecule has 4 aliphatic carbocycles. The topological polar surface area (TPSA) is 0 Å². The standard InChI is InChI=1S/C31H48/c1-8-9-21-10-11-22(18-21)12-15-27-28-19-23(30(2,3)4)13-16-25(28)26-17-14-24(20-29(26)27)31(5,6)7/h13-14,16-17,19-22,25-29H,8-12,15,18H2,1-7H3. The van der Waals surface area contributed by atoms with Crippen LogP contribution in [0.15, 0.2) is 47.6 Å². The van der Waals surface area contributed by atoms with E-state index in [0.717, 1.165) is 29.6 Å². The molecule has 0 N–H and O–H groups in total. The third-order valence-electron chi connectivity index (χ3n) is 9.05. The molecule has 4 rings (SSSR count). The summed E-state index contributed by atoms with van der Waals surface area (Å²) in [5.41, 5.74) is 3.62. The average molecular weight is 421 g/mol. The molecule has 0 aromatic rings. The molecular weight excluding hydrogens is 372 g/mol. The van der Waals surface area contributed by atoms with Crippen molar-refractivity contribution in [2.75, 3.05) is 0 Å². The van der Waals surface area contributed by atoms with Gasteiger partial charge in [0.05, 0.1) is 0 Å². The number of fused-ring (bicyclic) bond motifs is 3. The number of allylic oxidation sites excluding steroid dienone is 8. The van der Waals surface area contributed by atoms with Gasteiger partial charge in [-0.1, -0.05) is 117 Å².